The van der Waals surface area contributed by atoms with Gasteiger partial charge in [-0.25, -0.2) is 0 Å². The zero-order chi connectivity index (χ0) is 14.6. The van der Waals surface area contributed by atoms with Gasteiger partial charge in [-0.15, -0.1) is 5.73 Å². The van der Waals surface area contributed by atoms with Crippen molar-refractivity contribution in [2.45, 2.75) is 70.8 Å². The van der Waals surface area contributed by atoms with Crippen molar-refractivity contribution in [3.8, 4) is 0 Å². The van der Waals surface area contributed by atoms with Gasteiger partial charge in [0, 0.05) is 0 Å². The van der Waals surface area contributed by atoms with E-state index < -0.39 is 0 Å². The van der Waals surface area contributed by atoms with Crippen LogP contribution in [0.25, 0.3) is 0 Å². The molecule has 0 heterocycles. The number of rotatable bonds is 0. The number of allylic oxidation sites excluding steroid dienone is 2. The lowest BCUT2D eigenvalue weighted by Gasteiger charge is -2.51. The first-order valence-corrected chi connectivity index (χ1v) is 8.91. The Labute approximate surface area is 128 Å². The summed E-state index contributed by atoms with van der Waals surface area (Å²) in [6.45, 7) is 6.45. The van der Waals surface area contributed by atoms with Gasteiger partial charge in [0.25, 0.3) is 0 Å². The van der Waals surface area contributed by atoms with Gasteiger partial charge in [-0.2, -0.15) is 0 Å². The van der Waals surface area contributed by atoms with Crippen molar-refractivity contribution in [1.29, 1.82) is 0 Å². The number of aliphatic hydroxyl groups is 1. The van der Waals surface area contributed by atoms with Crippen LogP contribution in [0.3, 0.4) is 0 Å². The zero-order valence-electron chi connectivity index (χ0n) is 13.3. The quantitative estimate of drug-likeness (QED) is 0.501. The molecule has 0 saturated heterocycles. The average Bonchev–Trinajstić information content (AvgIpc) is 2.83. The largest absolute Gasteiger partial charge is 0.393 e. The maximum Gasteiger partial charge on any atom is 0.0580 e. The van der Waals surface area contributed by atoms with Crippen molar-refractivity contribution in [3.05, 3.63) is 29.0 Å². The summed E-state index contributed by atoms with van der Waals surface area (Å²) in [6.07, 6.45) is 11.0. The van der Waals surface area contributed by atoms with Gasteiger partial charge in [0.05, 0.1) is 6.10 Å². The van der Waals surface area contributed by atoms with E-state index in [-0.39, 0.29) is 6.10 Å². The van der Waals surface area contributed by atoms with Crippen LogP contribution in [0, 0.1) is 23.2 Å². The molecule has 0 aromatic carbocycles. The van der Waals surface area contributed by atoms with Gasteiger partial charge in [-0.1, -0.05) is 24.6 Å². The Hall–Kier alpha value is -0.780. The average molecular weight is 284 g/mol. The van der Waals surface area contributed by atoms with E-state index in [0.29, 0.717) is 5.41 Å². The third-order valence-corrected chi connectivity index (χ3v) is 7.34. The number of hydrogen-bond donors (Lipinski definition) is 1. The molecule has 1 nitrogen and oxygen atoms in total. The molecular weight excluding hydrogens is 256 g/mol. The van der Waals surface area contributed by atoms with Crippen molar-refractivity contribution in [3.63, 3.8) is 0 Å². The Morgan fingerprint density at radius 3 is 2.81 bits per heavy atom. The first-order valence-electron chi connectivity index (χ1n) is 8.91. The molecule has 21 heavy (non-hydrogen) atoms. The SMILES string of the molecule is C=C=C1CCC2C3CCC4=C(CC[C@H](O)C4)C3CC[C@]12C. The van der Waals surface area contributed by atoms with Gasteiger partial charge in [0.15, 0.2) is 0 Å². The highest BCUT2D eigenvalue weighted by molar-refractivity contribution is 5.30. The lowest BCUT2D eigenvalue weighted by molar-refractivity contribution is 0.0546. The second-order valence-electron chi connectivity index (χ2n) is 8.09. The van der Waals surface area contributed by atoms with Crippen molar-refractivity contribution in [1.82, 2.24) is 0 Å². The molecule has 1 N–H and O–H groups in total. The van der Waals surface area contributed by atoms with E-state index in [1.54, 1.807) is 11.1 Å². The highest BCUT2D eigenvalue weighted by atomic mass is 16.3. The molecule has 0 aliphatic heterocycles. The number of hydrogen-bond acceptors (Lipinski definition) is 1. The second kappa shape index (κ2) is 4.86. The van der Waals surface area contributed by atoms with Crippen molar-refractivity contribution >= 4 is 0 Å². The fraction of sp³-hybridized carbons (Fsp3) is 0.750. The Kier molecular flexibility index (Phi) is 3.21. The highest BCUT2D eigenvalue weighted by Gasteiger charge is 2.53. The Morgan fingerprint density at radius 1 is 1.14 bits per heavy atom. The summed E-state index contributed by atoms with van der Waals surface area (Å²) < 4.78 is 0. The summed E-state index contributed by atoms with van der Waals surface area (Å²) in [4.78, 5) is 0. The maximum atomic E-state index is 9.95. The van der Waals surface area contributed by atoms with Gasteiger partial charge in [0.2, 0.25) is 0 Å². The molecule has 3 unspecified atom stereocenters. The zero-order valence-corrected chi connectivity index (χ0v) is 13.3. The molecule has 4 aliphatic rings. The van der Waals surface area contributed by atoms with Crippen LogP contribution in [0.15, 0.2) is 29.0 Å². The lowest BCUT2D eigenvalue weighted by atomic mass is 9.54. The Bertz CT molecular complexity index is 536. The van der Waals surface area contributed by atoms with Crippen LogP contribution in [-0.2, 0) is 0 Å². The number of aliphatic hydroxyl groups excluding tert-OH is 1. The van der Waals surface area contributed by atoms with Gasteiger partial charge >= 0.3 is 0 Å². The topological polar surface area (TPSA) is 20.2 Å². The number of fused-ring (bicyclic) bond motifs is 4. The molecule has 114 valence electrons. The minimum Gasteiger partial charge on any atom is -0.393 e. The van der Waals surface area contributed by atoms with Gasteiger partial charge in [-0.05, 0) is 86.5 Å². The van der Waals surface area contributed by atoms with Crippen molar-refractivity contribution in [2.24, 2.45) is 23.2 Å². The van der Waals surface area contributed by atoms with Crippen LogP contribution in [0.2, 0.25) is 0 Å². The predicted octanol–water partition coefficient (Wildman–Crippen LogP) is 4.78. The van der Waals surface area contributed by atoms with E-state index in [0.717, 1.165) is 30.6 Å². The van der Waals surface area contributed by atoms with E-state index in [1.807, 2.05) is 0 Å². The standard InChI is InChI=1S/C20H28O/c1-3-14-5-9-19-18-7-4-13-12-15(21)6-8-16(13)17(18)10-11-20(14,19)2/h15,17-19,21H,1,4-12H2,2H3/t15-,17?,18?,19?,20+/m0/s1. The smallest absolute Gasteiger partial charge is 0.0580 e. The Balaban J connectivity index is 1.66. The first kappa shape index (κ1) is 13.9. The van der Waals surface area contributed by atoms with Crippen LogP contribution in [-0.4, -0.2) is 11.2 Å². The molecule has 4 rings (SSSR count). The summed E-state index contributed by atoms with van der Waals surface area (Å²) >= 11 is 0. The molecule has 4 aliphatic carbocycles. The van der Waals surface area contributed by atoms with E-state index in [9.17, 15) is 5.11 Å². The minimum absolute atomic E-state index is 0.0593. The Morgan fingerprint density at radius 2 is 2.00 bits per heavy atom. The first-order chi connectivity index (χ1) is 10.1. The summed E-state index contributed by atoms with van der Waals surface area (Å²) in [5.74, 6) is 2.59. The van der Waals surface area contributed by atoms with Gasteiger partial charge in [-0.3, -0.25) is 0 Å². The summed E-state index contributed by atoms with van der Waals surface area (Å²) in [5.41, 5.74) is 8.61. The predicted molar refractivity (Wildman–Crippen MR) is 85.8 cm³/mol. The fourth-order valence-corrected chi connectivity index (χ4v) is 6.29. The highest BCUT2D eigenvalue weighted by Crippen LogP contribution is 2.62. The van der Waals surface area contributed by atoms with E-state index in [1.165, 1.54) is 50.5 Å². The normalized spacial score (nSPS) is 45.7. The summed E-state index contributed by atoms with van der Waals surface area (Å²) in [5, 5.41) is 9.95. The third-order valence-electron chi connectivity index (χ3n) is 7.34. The fourth-order valence-electron chi connectivity index (χ4n) is 6.29. The lowest BCUT2D eigenvalue weighted by Crippen LogP contribution is -2.42. The van der Waals surface area contributed by atoms with Gasteiger partial charge < -0.3 is 5.11 Å². The molecule has 0 bridgehead atoms. The molecule has 0 spiro atoms. The van der Waals surface area contributed by atoms with E-state index >= 15 is 0 Å². The van der Waals surface area contributed by atoms with Crippen molar-refractivity contribution in [2.75, 3.05) is 0 Å². The molecule has 0 radical (unpaired) electrons. The van der Waals surface area contributed by atoms with Crippen LogP contribution in [0.5, 0.6) is 0 Å². The van der Waals surface area contributed by atoms with E-state index in [2.05, 4.69) is 19.2 Å². The molecular formula is C20H28O. The molecule has 0 aromatic rings. The third kappa shape index (κ3) is 1.94. The van der Waals surface area contributed by atoms with Gasteiger partial charge in [0.1, 0.15) is 0 Å². The van der Waals surface area contributed by atoms with Crippen LogP contribution >= 0.6 is 0 Å². The molecule has 1 heteroatoms. The van der Waals surface area contributed by atoms with Crippen molar-refractivity contribution < 1.29 is 5.11 Å². The molecule has 2 fully saturated rings. The molecule has 0 amide bonds. The molecule has 2 saturated carbocycles. The maximum absolute atomic E-state index is 9.95. The molecule has 5 atom stereocenters. The minimum atomic E-state index is -0.0593. The molecule has 0 aromatic heterocycles. The summed E-state index contributed by atoms with van der Waals surface area (Å²) in [7, 11) is 0. The van der Waals surface area contributed by atoms with Crippen LogP contribution in [0.4, 0.5) is 0 Å². The second-order valence-corrected chi connectivity index (χ2v) is 8.09. The van der Waals surface area contributed by atoms with Crippen LogP contribution < -0.4 is 0 Å². The monoisotopic (exact) mass is 284 g/mol. The van der Waals surface area contributed by atoms with Crippen LogP contribution in [0.1, 0.15) is 64.7 Å². The summed E-state index contributed by atoms with van der Waals surface area (Å²) in [6, 6.07) is 0. The van der Waals surface area contributed by atoms with E-state index in [4.69, 9.17) is 0 Å².